The Balaban J connectivity index is 2.45. The highest BCUT2D eigenvalue weighted by Gasteiger charge is 2.13. The second-order valence-corrected chi connectivity index (χ2v) is 5.44. The quantitative estimate of drug-likeness (QED) is 0.752. The Morgan fingerprint density at radius 3 is 2.25 bits per heavy atom. The Morgan fingerprint density at radius 1 is 1.12 bits per heavy atom. The maximum atomic E-state index is 12.2. The lowest BCUT2D eigenvalue weighted by molar-refractivity contribution is 0.103. The zero-order valence-electron chi connectivity index (χ0n) is 9.08. The van der Waals surface area contributed by atoms with Crippen molar-refractivity contribution in [2.75, 3.05) is 0 Å². The molecule has 0 radical (unpaired) electrons. The first-order valence-corrected chi connectivity index (χ1v) is 6.66. The van der Waals surface area contributed by atoms with Gasteiger partial charge >= 0.3 is 0 Å². The highest BCUT2D eigenvalue weighted by molar-refractivity contribution is 9.10. The molecule has 1 nitrogen and oxygen atoms in total. The van der Waals surface area contributed by atoms with E-state index in [-0.39, 0.29) is 5.78 Å². The van der Waals surface area contributed by atoms with Crippen LogP contribution in [0, 0.1) is 13.8 Å². The lowest BCUT2D eigenvalue weighted by Crippen LogP contribution is -2.01. The largest absolute Gasteiger partial charge is 0.289 e. The molecule has 3 heteroatoms. The van der Waals surface area contributed by atoms with Crippen molar-refractivity contribution in [3.63, 3.8) is 0 Å². The fourth-order valence-electron chi connectivity index (χ4n) is 1.70. The number of aryl methyl sites for hydroxylation is 2. The molecule has 2 aromatic rings. The van der Waals surface area contributed by atoms with E-state index in [9.17, 15) is 4.79 Å². The smallest absolute Gasteiger partial charge is 0.195 e. The summed E-state index contributed by atoms with van der Waals surface area (Å²) in [4.78, 5) is 12.2. The molecule has 2 rings (SSSR count). The summed E-state index contributed by atoms with van der Waals surface area (Å²) in [7, 11) is 0. The third-order valence-electron chi connectivity index (χ3n) is 2.34. The fraction of sp³-hybridized carbons (Fsp3) is 0.154. The minimum absolute atomic E-state index is 0.0833. The number of hydrogen-bond donors (Lipinski definition) is 0. The van der Waals surface area contributed by atoms with E-state index in [2.05, 4.69) is 22.0 Å². The second kappa shape index (κ2) is 4.52. The molecule has 1 heterocycles. The maximum Gasteiger partial charge on any atom is 0.195 e. The van der Waals surface area contributed by atoms with Gasteiger partial charge < -0.3 is 0 Å². The van der Waals surface area contributed by atoms with Gasteiger partial charge in [0, 0.05) is 26.4 Å². The average molecular weight is 295 g/mol. The van der Waals surface area contributed by atoms with Gasteiger partial charge in [-0.15, -0.1) is 0 Å². The molecule has 0 bridgehead atoms. The highest BCUT2D eigenvalue weighted by Crippen LogP contribution is 2.24. The van der Waals surface area contributed by atoms with Gasteiger partial charge in [0.2, 0.25) is 0 Å². The van der Waals surface area contributed by atoms with Crippen LogP contribution in [0.3, 0.4) is 0 Å². The lowest BCUT2D eigenvalue weighted by Gasteiger charge is -2.03. The zero-order chi connectivity index (χ0) is 11.7. The van der Waals surface area contributed by atoms with Gasteiger partial charge in [-0.05, 0) is 41.9 Å². The zero-order valence-corrected chi connectivity index (χ0v) is 11.5. The average Bonchev–Trinajstić information content (AvgIpc) is 2.62. The maximum absolute atomic E-state index is 12.2. The Morgan fingerprint density at radius 2 is 1.75 bits per heavy atom. The van der Waals surface area contributed by atoms with E-state index < -0.39 is 0 Å². The van der Waals surface area contributed by atoms with Crippen LogP contribution >= 0.6 is 27.3 Å². The van der Waals surface area contributed by atoms with Crippen LogP contribution < -0.4 is 0 Å². The molecule has 0 aliphatic rings. The van der Waals surface area contributed by atoms with Crippen molar-refractivity contribution in [1.29, 1.82) is 0 Å². The van der Waals surface area contributed by atoms with Crippen LogP contribution in [-0.4, -0.2) is 5.78 Å². The van der Waals surface area contributed by atoms with Crippen molar-refractivity contribution in [3.05, 3.63) is 55.7 Å². The highest BCUT2D eigenvalue weighted by atomic mass is 79.9. The van der Waals surface area contributed by atoms with Gasteiger partial charge in [0.05, 0.1) is 0 Å². The van der Waals surface area contributed by atoms with Gasteiger partial charge in [-0.1, -0.05) is 17.2 Å². The lowest BCUT2D eigenvalue weighted by atomic mass is 10.0. The van der Waals surface area contributed by atoms with E-state index in [0.29, 0.717) is 0 Å². The summed E-state index contributed by atoms with van der Waals surface area (Å²) in [6, 6.07) is 5.93. The molecule has 0 N–H and O–H groups in total. The van der Waals surface area contributed by atoms with Crippen LogP contribution in [0.15, 0.2) is 33.4 Å². The van der Waals surface area contributed by atoms with Crippen molar-refractivity contribution >= 4 is 33.0 Å². The van der Waals surface area contributed by atoms with Crippen LogP contribution in [0.25, 0.3) is 0 Å². The molecule has 1 aromatic carbocycles. The van der Waals surface area contributed by atoms with Gasteiger partial charge in [-0.25, -0.2) is 0 Å². The summed E-state index contributed by atoms with van der Waals surface area (Å²) in [6.07, 6.45) is 0. The summed E-state index contributed by atoms with van der Waals surface area (Å²) in [5, 5.41) is 3.81. The summed E-state index contributed by atoms with van der Waals surface area (Å²) >= 11 is 4.92. The van der Waals surface area contributed by atoms with Crippen molar-refractivity contribution in [3.8, 4) is 0 Å². The SMILES string of the molecule is Cc1cc(C)cc(C(=O)c2cscc2Br)c1. The molecule has 0 fully saturated rings. The van der Waals surface area contributed by atoms with E-state index in [4.69, 9.17) is 0 Å². The number of carbonyl (C=O) groups excluding carboxylic acids is 1. The van der Waals surface area contributed by atoms with Crippen molar-refractivity contribution < 1.29 is 4.79 Å². The molecule has 82 valence electrons. The molecule has 1 aromatic heterocycles. The molecule has 0 spiro atoms. The van der Waals surface area contributed by atoms with Crippen molar-refractivity contribution in [2.45, 2.75) is 13.8 Å². The van der Waals surface area contributed by atoms with Gasteiger partial charge in [0.15, 0.2) is 5.78 Å². The summed E-state index contributed by atoms with van der Waals surface area (Å²) in [5.74, 6) is 0.0833. The normalized spacial score (nSPS) is 10.4. The van der Waals surface area contributed by atoms with Crippen molar-refractivity contribution in [2.24, 2.45) is 0 Å². The first-order valence-electron chi connectivity index (χ1n) is 4.92. The summed E-state index contributed by atoms with van der Waals surface area (Å²) in [5.41, 5.74) is 3.75. The Kier molecular flexibility index (Phi) is 3.26. The number of hydrogen-bond acceptors (Lipinski definition) is 2. The van der Waals surface area contributed by atoms with Crippen LogP contribution in [0.1, 0.15) is 27.0 Å². The molecule has 0 aliphatic carbocycles. The molecule has 0 aliphatic heterocycles. The van der Waals surface area contributed by atoms with Gasteiger partial charge in [0.1, 0.15) is 0 Å². The van der Waals surface area contributed by atoms with Gasteiger partial charge in [0.25, 0.3) is 0 Å². The predicted octanol–water partition coefficient (Wildman–Crippen LogP) is 4.36. The molecule has 0 atom stereocenters. The minimum Gasteiger partial charge on any atom is -0.289 e. The number of halogens is 1. The number of benzene rings is 1. The standard InChI is InChI=1S/C13H11BrOS/c1-8-3-9(2)5-10(4-8)13(15)11-6-16-7-12(11)14/h3-7H,1-2H3. The van der Waals surface area contributed by atoms with Crippen LogP contribution in [0.4, 0.5) is 0 Å². The van der Waals surface area contributed by atoms with E-state index in [0.717, 1.165) is 26.7 Å². The predicted molar refractivity (Wildman–Crippen MR) is 71.4 cm³/mol. The van der Waals surface area contributed by atoms with Crippen LogP contribution in [0.2, 0.25) is 0 Å². The van der Waals surface area contributed by atoms with Crippen LogP contribution in [0.5, 0.6) is 0 Å². The van der Waals surface area contributed by atoms with E-state index >= 15 is 0 Å². The second-order valence-electron chi connectivity index (χ2n) is 3.84. The molecule has 0 amide bonds. The number of thiophene rings is 1. The van der Waals surface area contributed by atoms with Crippen LogP contribution in [-0.2, 0) is 0 Å². The fourth-order valence-corrected chi connectivity index (χ4v) is 3.16. The Labute approximate surface area is 107 Å². The first-order chi connectivity index (χ1) is 7.58. The summed E-state index contributed by atoms with van der Waals surface area (Å²) in [6.45, 7) is 4.01. The third kappa shape index (κ3) is 2.25. The van der Waals surface area contributed by atoms with Crippen molar-refractivity contribution in [1.82, 2.24) is 0 Å². The molecule has 0 saturated carbocycles. The minimum atomic E-state index is 0.0833. The summed E-state index contributed by atoms with van der Waals surface area (Å²) < 4.78 is 0.877. The molecular weight excluding hydrogens is 284 g/mol. The van der Waals surface area contributed by atoms with Gasteiger partial charge in [-0.2, -0.15) is 11.3 Å². The Bertz CT molecular complexity index is 522. The molecule has 0 unspecified atom stereocenters. The Hall–Kier alpha value is -0.930. The number of carbonyl (C=O) groups is 1. The topological polar surface area (TPSA) is 17.1 Å². The first kappa shape index (κ1) is 11.6. The number of ketones is 1. The van der Waals surface area contributed by atoms with E-state index in [1.807, 2.05) is 36.7 Å². The monoisotopic (exact) mass is 294 g/mol. The molecular formula is C13H11BrOS. The molecule has 16 heavy (non-hydrogen) atoms. The van der Waals surface area contributed by atoms with E-state index in [1.54, 1.807) is 0 Å². The third-order valence-corrected chi connectivity index (χ3v) is 4.05. The van der Waals surface area contributed by atoms with E-state index in [1.165, 1.54) is 11.3 Å². The van der Waals surface area contributed by atoms with Gasteiger partial charge in [-0.3, -0.25) is 4.79 Å². The number of rotatable bonds is 2. The molecule has 0 saturated heterocycles.